The molecule has 0 spiro atoms. The first-order valence-electron chi connectivity index (χ1n) is 9.63. The van der Waals surface area contributed by atoms with Crippen LogP contribution < -0.4 is 15.9 Å². The van der Waals surface area contributed by atoms with E-state index in [1.54, 1.807) is 6.20 Å². The standard InChI is InChI=1S/C24H22N4/c1-2-19-10-11-20-22(14-25)21(18-8-4-3-5-9-18)13-23(24(20)28-19)27-16-17-7-6-12-26-15-17/h3-9,11-13,15,19,27H,2,10,16H2,1H3. The highest BCUT2D eigenvalue weighted by Crippen LogP contribution is 2.24. The zero-order chi connectivity index (χ0) is 19.3. The average molecular weight is 366 g/mol. The Bertz CT molecular complexity index is 1130. The summed E-state index contributed by atoms with van der Waals surface area (Å²) in [6, 6.07) is 18.8. The number of anilines is 1. The number of nitriles is 1. The molecule has 0 saturated carbocycles. The molecule has 0 saturated heterocycles. The Morgan fingerprint density at radius 1 is 1.18 bits per heavy atom. The fourth-order valence-electron chi connectivity index (χ4n) is 3.58. The summed E-state index contributed by atoms with van der Waals surface area (Å²) in [5.41, 5.74) is 4.75. The van der Waals surface area contributed by atoms with Gasteiger partial charge in [-0.05, 0) is 36.1 Å². The second kappa shape index (κ2) is 8.06. The van der Waals surface area contributed by atoms with E-state index < -0.39 is 0 Å². The van der Waals surface area contributed by atoms with E-state index in [1.165, 1.54) is 0 Å². The minimum atomic E-state index is 0.264. The Hall–Kier alpha value is -3.45. The van der Waals surface area contributed by atoms with Crippen LogP contribution in [0.5, 0.6) is 0 Å². The number of rotatable bonds is 5. The molecule has 2 aromatic carbocycles. The van der Waals surface area contributed by atoms with Crippen molar-refractivity contribution in [1.82, 2.24) is 4.98 Å². The third kappa shape index (κ3) is 3.52. The molecule has 3 aromatic rings. The minimum absolute atomic E-state index is 0.264. The molecule has 1 aliphatic heterocycles. The van der Waals surface area contributed by atoms with Gasteiger partial charge in [-0.2, -0.15) is 5.26 Å². The normalized spacial score (nSPS) is 14.9. The van der Waals surface area contributed by atoms with E-state index in [1.807, 2.05) is 48.7 Å². The van der Waals surface area contributed by atoms with E-state index in [0.717, 1.165) is 45.8 Å². The number of benzene rings is 2. The van der Waals surface area contributed by atoms with Gasteiger partial charge >= 0.3 is 0 Å². The van der Waals surface area contributed by atoms with Crippen LogP contribution in [0.2, 0.25) is 0 Å². The van der Waals surface area contributed by atoms with Gasteiger partial charge in [0.15, 0.2) is 0 Å². The lowest BCUT2D eigenvalue weighted by Gasteiger charge is -2.17. The van der Waals surface area contributed by atoms with Crippen molar-refractivity contribution in [3.63, 3.8) is 0 Å². The zero-order valence-corrected chi connectivity index (χ0v) is 15.9. The Morgan fingerprint density at radius 3 is 2.75 bits per heavy atom. The van der Waals surface area contributed by atoms with Gasteiger partial charge in [0.05, 0.1) is 22.6 Å². The van der Waals surface area contributed by atoms with E-state index >= 15 is 0 Å². The van der Waals surface area contributed by atoms with Gasteiger partial charge in [0, 0.05) is 29.7 Å². The molecule has 28 heavy (non-hydrogen) atoms. The highest BCUT2D eigenvalue weighted by atomic mass is 14.9. The minimum Gasteiger partial charge on any atom is -0.379 e. The fraction of sp³-hybridized carbons (Fsp3) is 0.208. The number of fused-ring (bicyclic) bond motifs is 1. The van der Waals surface area contributed by atoms with E-state index in [2.05, 4.69) is 35.4 Å². The average Bonchev–Trinajstić information content (AvgIpc) is 2.77. The van der Waals surface area contributed by atoms with Crippen LogP contribution in [0.15, 0.2) is 65.9 Å². The van der Waals surface area contributed by atoms with Crippen LogP contribution in [-0.2, 0) is 6.54 Å². The van der Waals surface area contributed by atoms with Crippen LogP contribution in [0, 0.1) is 11.3 Å². The van der Waals surface area contributed by atoms with E-state index in [0.29, 0.717) is 12.1 Å². The molecule has 2 heterocycles. The number of hydrogen-bond donors (Lipinski definition) is 1. The molecule has 0 aliphatic carbocycles. The summed E-state index contributed by atoms with van der Waals surface area (Å²) < 4.78 is 0. The van der Waals surface area contributed by atoms with E-state index in [-0.39, 0.29) is 6.04 Å². The van der Waals surface area contributed by atoms with Crippen LogP contribution in [0.3, 0.4) is 0 Å². The Kier molecular flexibility index (Phi) is 5.16. The fourth-order valence-corrected chi connectivity index (χ4v) is 3.58. The quantitative estimate of drug-likeness (QED) is 0.747. The molecule has 138 valence electrons. The molecule has 0 bridgehead atoms. The highest BCUT2D eigenvalue weighted by molar-refractivity contribution is 5.75. The van der Waals surface area contributed by atoms with Crippen molar-refractivity contribution in [2.75, 3.05) is 5.32 Å². The van der Waals surface area contributed by atoms with Gasteiger partial charge in [-0.25, -0.2) is 0 Å². The van der Waals surface area contributed by atoms with Crippen molar-refractivity contribution in [2.45, 2.75) is 32.4 Å². The van der Waals surface area contributed by atoms with Crippen LogP contribution in [0.4, 0.5) is 5.69 Å². The maximum Gasteiger partial charge on any atom is 0.100 e. The number of nitrogens with zero attached hydrogens (tertiary/aromatic N) is 3. The summed E-state index contributed by atoms with van der Waals surface area (Å²) in [5, 5.41) is 15.3. The predicted octanol–water partition coefficient (Wildman–Crippen LogP) is 3.81. The SMILES string of the molecule is CCC1CC=c2c(C#N)c(-c3ccccc3)cc(NCc3cccnc3)c2=N1. The lowest BCUT2D eigenvalue weighted by molar-refractivity contribution is 0.648. The Morgan fingerprint density at radius 2 is 2.04 bits per heavy atom. The van der Waals surface area contributed by atoms with Crippen LogP contribution in [0.25, 0.3) is 17.2 Å². The van der Waals surface area contributed by atoms with Gasteiger partial charge in [-0.15, -0.1) is 0 Å². The maximum atomic E-state index is 9.92. The Labute approximate surface area is 164 Å². The molecule has 4 heteroatoms. The summed E-state index contributed by atoms with van der Waals surface area (Å²) in [7, 11) is 0. The Balaban J connectivity index is 1.88. The summed E-state index contributed by atoms with van der Waals surface area (Å²) in [6.45, 7) is 2.81. The molecule has 0 radical (unpaired) electrons. The smallest absolute Gasteiger partial charge is 0.100 e. The monoisotopic (exact) mass is 366 g/mol. The van der Waals surface area contributed by atoms with E-state index in [9.17, 15) is 5.26 Å². The predicted molar refractivity (Wildman–Crippen MR) is 112 cm³/mol. The molecule has 0 fully saturated rings. The number of hydrogen-bond acceptors (Lipinski definition) is 4. The first-order valence-corrected chi connectivity index (χ1v) is 9.63. The lowest BCUT2D eigenvalue weighted by atomic mass is 9.94. The zero-order valence-electron chi connectivity index (χ0n) is 15.9. The molecule has 1 aromatic heterocycles. The van der Waals surface area contributed by atoms with Crippen LogP contribution in [0.1, 0.15) is 30.9 Å². The van der Waals surface area contributed by atoms with Crippen LogP contribution >= 0.6 is 0 Å². The largest absolute Gasteiger partial charge is 0.379 e. The molecule has 0 amide bonds. The van der Waals surface area contributed by atoms with Gasteiger partial charge in [-0.3, -0.25) is 9.98 Å². The van der Waals surface area contributed by atoms with Gasteiger partial charge in [0.1, 0.15) is 6.07 Å². The molecule has 1 aliphatic rings. The first kappa shape index (κ1) is 17.9. The summed E-state index contributed by atoms with van der Waals surface area (Å²) in [4.78, 5) is 9.15. The van der Waals surface area contributed by atoms with Crippen molar-refractivity contribution in [2.24, 2.45) is 4.99 Å². The molecule has 1 atom stereocenters. The highest BCUT2D eigenvalue weighted by Gasteiger charge is 2.16. The van der Waals surface area contributed by atoms with Gasteiger partial charge < -0.3 is 5.32 Å². The topological polar surface area (TPSA) is 61.1 Å². The van der Waals surface area contributed by atoms with Crippen molar-refractivity contribution in [3.8, 4) is 17.2 Å². The second-order valence-electron chi connectivity index (χ2n) is 6.93. The number of pyridine rings is 1. The number of nitrogens with one attached hydrogen (secondary N) is 1. The molecule has 1 unspecified atom stereocenters. The van der Waals surface area contributed by atoms with Crippen LogP contribution in [-0.4, -0.2) is 11.0 Å². The molecular formula is C24H22N4. The van der Waals surface area contributed by atoms with Crippen molar-refractivity contribution in [3.05, 3.63) is 82.6 Å². The summed E-state index contributed by atoms with van der Waals surface area (Å²) in [5.74, 6) is 0. The lowest BCUT2D eigenvalue weighted by Crippen LogP contribution is -2.36. The van der Waals surface area contributed by atoms with Gasteiger partial charge in [0.25, 0.3) is 0 Å². The maximum absolute atomic E-state index is 9.92. The summed E-state index contributed by atoms with van der Waals surface area (Å²) >= 11 is 0. The third-order valence-electron chi connectivity index (χ3n) is 5.12. The van der Waals surface area contributed by atoms with Crippen molar-refractivity contribution >= 4 is 11.8 Å². The number of aromatic nitrogens is 1. The first-order chi connectivity index (χ1) is 13.8. The van der Waals surface area contributed by atoms with Crippen molar-refractivity contribution in [1.29, 1.82) is 5.26 Å². The molecular weight excluding hydrogens is 344 g/mol. The summed E-state index contributed by atoms with van der Waals surface area (Å²) in [6.07, 6.45) is 7.67. The van der Waals surface area contributed by atoms with E-state index in [4.69, 9.17) is 4.99 Å². The molecule has 1 N–H and O–H groups in total. The second-order valence-corrected chi connectivity index (χ2v) is 6.93. The molecule has 4 rings (SSSR count). The third-order valence-corrected chi connectivity index (χ3v) is 5.12. The molecule has 4 nitrogen and oxygen atoms in total. The van der Waals surface area contributed by atoms with Gasteiger partial charge in [0.2, 0.25) is 0 Å². The van der Waals surface area contributed by atoms with Gasteiger partial charge in [-0.1, -0.05) is 49.4 Å². The van der Waals surface area contributed by atoms with Crippen molar-refractivity contribution < 1.29 is 0 Å².